The summed E-state index contributed by atoms with van der Waals surface area (Å²) in [4.78, 5) is 13.5. The highest BCUT2D eigenvalue weighted by atomic mass is 32.2. The van der Waals surface area contributed by atoms with Gasteiger partial charge in [0.25, 0.3) is 5.78 Å². The number of hydrogen-bond acceptors (Lipinski definition) is 7. The van der Waals surface area contributed by atoms with Crippen molar-refractivity contribution in [2.24, 2.45) is 11.6 Å². The molecule has 208 valence electrons. The predicted octanol–water partition coefficient (Wildman–Crippen LogP) is 4.04. The van der Waals surface area contributed by atoms with E-state index >= 15 is 0 Å². The van der Waals surface area contributed by atoms with Crippen LogP contribution in [0, 0.1) is 5.89 Å². The van der Waals surface area contributed by atoms with Gasteiger partial charge in [0.1, 0.15) is 6.26 Å². The normalized spacial score (nSPS) is 25.0. The quantitative estimate of drug-likeness (QED) is 0.320. The lowest BCUT2D eigenvalue weighted by Gasteiger charge is -2.37. The van der Waals surface area contributed by atoms with E-state index in [1.54, 1.807) is 30.3 Å². The molecule has 10 nitrogen and oxygen atoms in total. The molecule has 1 saturated carbocycles. The van der Waals surface area contributed by atoms with Gasteiger partial charge in [-0.05, 0) is 49.6 Å². The molecule has 0 unspecified atom stereocenters. The lowest BCUT2D eigenvalue weighted by atomic mass is 9.96. The van der Waals surface area contributed by atoms with Gasteiger partial charge in [0.05, 0.1) is 34.7 Å². The standard InChI is InChI=1S/C27H37N3O7S/c1-18(2)15-29(38(34,35)21-10-8-20(28)9-11-21)16-25(31)23(14-19-6-4-3-5-7-19)30(27(32)33)24-17-37-26-22(24)12-13-36-26/h3-7,12-13,17-18,20-21,23,25,31H,8-11,14-16,28H2,1-2H3,(H,32,33)/t20?,21?,23-,25+/m0/s1/i1D3,2D3,15D2,18D. The Labute approximate surface area is 235 Å². The molecule has 1 fully saturated rings. The number of benzene rings is 1. The predicted molar refractivity (Wildman–Crippen MR) is 144 cm³/mol. The average Bonchev–Trinajstić information content (AvgIpc) is 3.59. The van der Waals surface area contributed by atoms with Crippen molar-refractivity contribution in [3.63, 3.8) is 0 Å². The zero-order valence-electron chi connectivity index (χ0n) is 29.5. The van der Waals surface area contributed by atoms with Gasteiger partial charge in [0.15, 0.2) is 0 Å². The fourth-order valence-corrected chi connectivity index (χ4v) is 6.62. The molecule has 4 N–H and O–H groups in total. The third-order valence-corrected chi connectivity index (χ3v) is 8.92. The van der Waals surface area contributed by atoms with Gasteiger partial charge in [-0.1, -0.05) is 44.0 Å². The van der Waals surface area contributed by atoms with E-state index in [9.17, 15) is 23.4 Å². The molecule has 1 aliphatic carbocycles. The number of fused-ring (bicyclic) bond motifs is 1. The number of aliphatic hydroxyl groups is 1. The Hall–Kier alpha value is -2.86. The van der Waals surface area contributed by atoms with Crippen LogP contribution >= 0.6 is 0 Å². The summed E-state index contributed by atoms with van der Waals surface area (Å²) in [6.07, 6.45) is -1.47. The monoisotopic (exact) mass is 556 g/mol. The maximum atomic E-state index is 14.3. The SMILES string of the molecule is [2H]C([2H])([2H])C([2H])(C([2H])([2H])[2H])C([2H])([2H])N(C[C@@H](O)[C@H](Cc1ccccc1)N(C(=O)O)c1coc2occc12)S(=O)(=O)C1CCC(N)CC1. The van der Waals surface area contributed by atoms with Gasteiger partial charge in [0.2, 0.25) is 10.0 Å². The van der Waals surface area contributed by atoms with E-state index in [0.29, 0.717) is 10.5 Å². The van der Waals surface area contributed by atoms with Crippen molar-refractivity contribution in [1.82, 2.24) is 4.31 Å². The number of nitrogens with two attached hydrogens (primary N) is 1. The van der Waals surface area contributed by atoms with Crippen LogP contribution in [0.4, 0.5) is 10.5 Å². The molecular formula is C27H37N3O7S. The third-order valence-electron chi connectivity index (χ3n) is 6.75. The largest absolute Gasteiger partial charge is 0.465 e. The molecule has 1 aliphatic rings. The summed E-state index contributed by atoms with van der Waals surface area (Å²) < 4.78 is 113. The molecule has 0 radical (unpaired) electrons. The van der Waals surface area contributed by atoms with E-state index in [1.165, 1.54) is 12.3 Å². The van der Waals surface area contributed by atoms with E-state index < -0.39 is 66.2 Å². The molecule has 11 heteroatoms. The maximum Gasteiger partial charge on any atom is 0.412 e. The van der Waals surface area contributed by atoms with Gasteiger partial charge >= 0.3 is 6.09 Å². The van der Waals surface area contributed by atoms with Crippen LogP contribution in [-0.4, -0.2) is 65.5 Å². The molecule has 2 aromatic heterocycles. The summed E-state index contributed by atoms with van der Waals surface area (Å²) in [6, 6.07) is 7.65. The number of rotatable bonds is 11. The number of furan rings is 2. The molecule has 0 bridgehead atoms. The topological polar surface area (TPSA) is 150 Å². The first-order chi connectivity index (χ1) is 21.6. The highest BCUT2D eigenvalue weighted by Crippen LogP contribution is 2.33. The van der Waals surface area contributed by atoms with Gasteiger partial charge in [-0.15, -0.1) is 0 Å². The second-order valence-corrected chi connectivity index (χ2v) is 11.5. The molecule has 0 aliphatic heterocycles. The highest BCUT2D eigenvalue weighted by Gasteiger charge is 2.39. The number of hydrogen-bond donors (Lipinski definition) is 3. The zero-order valence-corrected chi connectivity index (χ0v) is 21.3. The van der Waals surface area contributed by atoms with Crippen LogP contribution in [-0.2, 0) is 16.4 Å². The number of anilines is 1. The van der Waals surface area contributed by atoms with Gasteiger partial charge in [0, 0.05) is 31.4 Å². The van der Waals surface area contributed by atoms with E-state index in [2.05, 4.69) is 0 Å². The van der Waals surface area contributed by atoms with Crippen LogP contribution < -0.4 is 10.6 Å². The van der Waals surface area contributed by atoms with Gasteiger partial charge in [-0.3, -0.25) is 4.90 Å². The van der Waals surface area contributed by atoms with Crippen molar-refractivity contribution in [3.8, 4) is 0 Å². The van der Waals surface area contributed by atoms with Crippen LogP contribution in [0.3, 0.4) is 0 Å². The Kier molecular flexibility index (Phi) is 5.77. The van der Waals surface area contributed by atoms with Crippen molar-refractivity contribution in [3.05, 3.63) is 54.5 Å². The Morgan fingerprint density at radius 3 is 2.58 bits per heavy atom. The lowest BCUT2D eigenvalue weighted by Crippen LogP contribution is -2.54. The second kappa shape index (κ2) is 11.9. The minimum Gasteiger partial charge on any atom is -0.465 e. The average molecular weight is 557 g/mol. The van der Waals surface area contributed by atoms with Crippen molar-refractivity contribution in [1.29, 1.82) is 0 Å². The molecule has 38 heavy (non-hydrogen) atoms. The fourth-order valence-electron chi connectivity index (χ4n) is 4.81. The molecular weight excluding hydrogens is 510 g/mol. The molecule has 4 rings (SSSR count). The number of sulfonamides is 1. The molecule has 1 aromatic carbocycles. The summed E-state index contributed by atoms with van der Waals surface area (Å²) in [7, 11) is -5.01. The van der Waals surface area contributed by atoms with E-state index in [1.807, 2.05) is 0 Å². The van der Waals surface area contributed by atoms with Crippen molar-refractivity contribution < 1.29 is 44.6 Å². The zero-order chi connectivity index (χ0) is 35.2. The number of nitrogens with zero attached hydrogens (tertiary/aromatic N) is 2. The highest BCUT2D eigenvalue weighted by molar-refractivity contribution is 7.89. The molecule has 2 heterocycles. The van der Waals surface area contributed by atoms with E-state index in [0.717, 1.165) is 6.26 Å². The Morgan fingerprint density at radius 2 is 1.92 bits per heavy atom. The molecule has 0 saturated heterocycles. The van der Waals surface area contributed by atoms with E-state index in [-0.39, 0.29) is 59.3 Å². The molecule has 1 amide bonds. The number of carboxylic acid groups (broad SMARTS) is 1. The van der Waals surface area contributed by atoms with Gasteiger partial charge < -0.3 is 24.8 Å². The number of amides is 1. The minimum absolute atomic E-state index is 0.0513. The number of carbonyl (C=O) groups is 1. The Balaban J connectivity index is 1.89. The molecule has 2 atom stereocenters. The summed E-state index contributed by atoms with van der Waals surface area (Å²) in [5.74, 6) is -4.09. The van der Waals surface area contributed by atoms with E-state index in [4.69, 9.17) is 26.9 Å². The van der Waals surface area contributed by atoms with Crippen LogP contribution in [0.15, 0.2) is 57.8 Å². The van der Waals surface area contributed by atoms with Crippen LogP contribution in [0.2, 0.25) is 0 Å². The van der Waals surface area contributed by atoms with Gasteiger partial charge in [-0.25, -0.2) is 13.2 Å². The fraction of sp³-hybridized carbons (Fsp3) is 0.519. The summed E-state index contributed by atoms with van der Waals surface area (Å²) >= 11 is 0. The second-order valence-electron chi connectivity index (χ2n) is 9.32. The Bertz CT molecular complexity index is 1620. The minimum atomic E-state index is -5.01. The first kappa shape index (κ1) is 18.4. The van der Waals surface area contributed by atoms with Crippen LogP contribution in [0.1, 0.15) is 57.3 Å². The number of aliphatic hydroxyl groups excluding tert-OH is 1. The summed E-state index contributed by atoms with van der Waals surface area (Å²) in [5, 5.41) is 21.1. The van der Waals surface area contributed by atoms with Gasteiger partial charge in [-0.2, -0.15) is 4.31 Å². The van der Waals surface area contributed by atoms with Crippen molar-refractivity contribution in [2.75, 3.05) is 17.9 Å². The Morgan fingerprint density at radius 1 is 1.21 bits per heavy atom. The maximum absolute atomic E-state index is 14.3. The summed E-state index contributed by atoms with van der Waals surface area (Å²) in [5.41, 5.74) is 6.32. The third kappa shape index (κ3) is 6.23. The smallest absolute Gasteiger partial charge is 0.412 e. The summed E-state index contributed by atoms with van der Waals surface area (Å²) in [6.45, 7) is -13.1. The molecule has 3 aromatic rings. The first-order valence-electron chi connectivity index (χ1n) is 16.6. The molecule has 0 spiro atoms. The van der Waals surface area contributed by atoms with Crippen LogP contribution in [0.5, 0.6) is 0 Å². The van der Waals surface area contributed by atoms with Crippen LogP contribution in [0.25, 0.3) is 11.2 Å². The van der Waals surface area contributed by atoms with Crippen molar-refractivity contribution >= 4 is 33.0 Å². The lowest BCUT2D eigenvalue weighted by molar-refractivity contribution is 0.109. The first-order valence-corrected chi connectivity index (χ1v) is 13.6. The van der Waals surface area contributed by atoms with Crippen molar-refractivity contribution in [2.45, 2.75) is 69.2 Å².